The Bertz CT molecular complexity index is 1090. The quantitative estimate of drug-likeness (QED) is 0.386. The number of nitrogens with zero attached hydrogens (tertiary/aromatic N) is 2. The maximum absolute atomic E-state index is 12.8. The molecule has 7 nitrogen and oxygen atoms in total. The standard InChI is InChI=1S/C25H23ClN2O5/c26-16-5-7-17(8-6-16)27-14-15(13-22(27)29)25(32)33-19-11-9-18(10-12-19)28-23(30)20-3-1-2-4-21(20)24(28)31/h5-12,15,20-21H,1-4,13-14H2/t15-,20-,21+/m0/s1. The van der Waals surface area contributed by atoms with Crippen LogP contribution in [0, 0.1) is 17.8 Å². The van der Waals surface area contributed by atoms with Gasteiger partial charge in [0, 0.05) is 23.7 Å². The SMILES string of the molecule is O=C(Oc1ccc(N2C(=O)[C@H]3CCCC[C@H]3C2=O)cc1)[C@H]1CC(=O)N(c2ccc(Cl)cc2)C1. The molecule has 2 saturated heterocycles. The lowest BCUT2D eigenvalue weighted by atomic mass is 9.81. The Morgan fingerprint density at radius 1 is 0.848 bits per heavy atom. The second-order valence-corrected chi connectivity index (χ2v) is 9.24. The summed E-state index contributed by atoms with van der Waals surface area (Å²) in [5.41, 5.74) is 1.17. The van der Waals surface area contributed by atoms with Crippen LogP contribution in [0.2, 0.25) is 5.02 Å². The van der Waals surface area contributed by atoms with E-state index in [1.54, 1.807) is 53.4 Å². The molecule has 3 atom stereocenters. The molecule has 3 amide bonds. The van der Waals surface area contributed by atoms with Gasteiger partial charge in [-0.3, -0.25) is 24.1 Å². The van der Waals surface area contributed by atoms with Crippen molar-refractivity contribution in [2.24, 2.45) is 17.8 Å². The van der Waals surface area contributed by atoms with Crippen LogP contribution in [0.25, 0.3) is 0 Å². The number of esters is 1. The summed E-state index contributed by atoms with van der Waals surface area (Å²) in [4.78, 5) is 53.4. The average Bonchev–Trinajstić information content (AvgIpc) is 3.33. The van der Waals surface area contributed by atoms with Crippen LogP contribution in [0.4, 0.5) is 11.4 Å². The van der Waals surface area contributed by atoms with Crippen molar-refractivity contribution in [3.63, 3.8) is 0 Å². The molecular weight excluding hydrogens is 444 g/mol. The first kappa shape index (κ1) is 21.6. The van der Waals surface area contributed by atoms with E-state index in [1.807, 2.05) is 0 Å². The summed E-state index contributed by atoms with van der Waals surface area (Å²) in [5, 5.41) is 0.570. The Hall–Kier alpha value is -3.19. The first-order valence-corrected chi connectivity index (χ1v) is 11.6. The first-order valence-electron chi connectivity index (χ1n) is 11.2. The van der Waals surface area contributed by atoms with Crippen molar-refractivity contribution < 1.29 is 23.9 Å². The summed E-state index contributed by atoms with van der Waals surface area (Å²) in [6, 6.07) is 13.3. The van der Waals surface area contributed by atoms with Gasteiger partial charge in [-0.2, -0.15) is 0 Å². The van der Waals surface area contributed by atoms with Gasteiger partial charge in [-0.15, -0.1) is 0 Å². The van der Waals surface area contributed by atoms with Crippen LogP contribution in [-0.4, -0.2) is 30.2 Å². The van der Waals surface area contributed by atoms with Gasteiger partial charge in [0.1, 0.15) is 5.75 Å². The molecule has 0 N–H and O–H groups in total. The van der Waals surface area contributed by atoms with E-state index in [4.69, 9.17) is 16.3 Å². The summed E-state index contributed by atoms with van der Waals surface area (Å²) in [5.74, 6) is -1.63. The Labute approximate surface area is 196 Å². The molecule has 1 saturated carbocycles. The second-order valence-electron chi connectivity index (χ2n) is 8.81. The van der Waals surface area contributed by atoms with Crippen LogP contribution >= 0.6 is 11.6 Å². The molecule has 3 fully saturated rings. The highest BCUT2D eigenvalue weighted by molar-refractivity contribution is 6.30. The number of halogens is 1. The van der Waals surface area contributed by atoms with Crippen molar-refractivity contribution in [2.45, 2.75) is 32.1 Å². The largest absolute Gasteiger partial charge is 0.426 e. The van der Waals surface area contributed by atoms with Gasteiger partial charge in [-0.1, -0.05) is 24.4 Å². The van der Waals surface area contributed by atoms with Gasteiger partial charge in [-0.05, 0) is 61.4 Å². The lowest BCUT2D eigenvalue weighted by Crippen LogP contribution is -2.30. The van der Waals surface area contributed by atoms with Crippen molar-refractivity contribution >= 4 is 46.7 Å². The van der Waals surface area contributed by atoms with Crippen LogP contribution in [0.5, 0.6) is 5.75 Å². The summed E-state index contributed by atoms with van der Waals surface area (Å²) in [7, 11) is 0. The molecule has 0 aromatic heterocycles. The summed E-state index contributed by atoms with van der Waals surface area (Å²) < 4.78 is 5.49. The van der Waals surface area contributed by atoms with E-state index in [9.17, 15) is 19.2 Å². The van der Waals surface area contributed by atoms with E-state index < -0.39 is 11.9 Å². The van der Waals surface area contributed by atoms with Crippen molar-refractivity contribution in [2.75, 3.05) is 16.3 Å². The molecule has 8 heteroatoms. The maximum atomic E-state index is 12.8. The zero-order chi connectivity index (χ0) is 23.1. The predicted octanol–water partition coefficient (Wildman–Crippen LogP) is 3.98. The molecule has 3 aliphatic rings. The Morgan fingerprint density at radius 2 is 1.42 bits per heavy atom. The van der Waals surface area contributed by atoms with Gasteiger partial charge in [0.25, 0.3) is 0 Å². The fourth-order valence-corrected chi connectivity index (χ4v) is 5.14. The number of carbonyl (C=O) groups excluding carboxylic acids is 4. The van der Waals surface area contributed by atoms with E-state index in [-0.39, 0.29) is 42.5 Å². The molecule has 0 bridgehead atoms. The highest BCUT2D eigenvalue weighted by atomic mass is 35.5. The minimum atomic E-state index is -0.585. The molecule has 2 aliphatic heterocycles. The van der Waals surface area contributed by atoms with Gasteiger partial charge in [0.2, 0.25) is 17.7 Å². The average molecular weight is 467 g/mol. The number of benzene rings is 2. The fraction of sp³-hybridized carbons (Fsp3) is 0.360. The third kappa shape index (κ3) is 4.02. The van der Waals surface area contributed by atoms with E-state index in [2.05, 4.69) is 0 Å². The van der Waals surface area contributed by atoms with E-state index in [1.165, 1.54) is 4.90 Å². The number of anilines is 2. The number of fused-ring (bicyclic) bond motifs is 1. The molecule has 0 unspecified atom stereocenters. The smallest absolute Gasteiger partial charge is 0.316 e. The van der Waals surface area contributed by atoms with Crippen molar-refractivity contribution in [3.05, 3.63) is 53.6 Å². The summed E-state index contributed by atoms with van der Waals surface area (Å²) in [6.07, 6.45) is 3.53. The molecule has 2 aromatic rings. The monoisotopic (exact) mass is 466 g/mol. The molecule has 1 aliphatic carbocycles. The number of carbonyl (C=O) groups is 4. The Balaban J connectivity index is 1.24. The van der Waals surface area contributed by atoms with Crippen molar-refractivity contribution in [3.8, 4) is 5.75 Å². The van der Waals surface area contributed by atoms with Crippen molar-refractivity contribution in [1.82, 2.24) is 0 Å². The molecule has 2 aromatic carbocycles. The molecule has 170 valence electrons. The first-order chi connectivity index (χ1) is 15.9. The molecular formula is C25H23ClN2O5. The Morgan fingerprint density at radius 3 is 2.03 bits per heavy atom. The van der Waals surface area contributed by atoms with E-state index in [0.29, 0.717) is 22.1 Å². The molecule has 0 spiro atoms. The van der Waals surface area contributed by atoms with Crippen LogP contribution in [0.3, 0.4) is 0 Å². The zero-order valence-electron chi connectivity index (χ0n) is 17.9. The maximum Gasteiger partial charge on any atom is 0.316 e. The number of imide groups is 1. The summed E-state index contributed by atoms with van der Waals surface area (Å²) >= 11 is 5.91. The minimum absolute atomic E-state index is 0.0686. The normalized spacial score (nSPS) is 24.9. The second kappa shape index (κ2) is 8.63. The number of rotatable bonds is 4. The molecule has 0 radical (unpaired) electrons. The van der Waals surface area contributed by atoms with Crippen LogP contribution in [0.1, 0.15) is 32.1 Å². The van der Waals surface area contributed by atoms with E-state index in [0.717, 1.165) is 25.7 Å². The number of amides is 3. The predicted molar refractivity (Wildman–Crippen MR) is 122 cm³/mol. The van der Waals surface area contributed by atoms with E-state index >= 15 is 0 Å². The van der Waals surface area contributed by atoms with Gasteiger partial charge in [0.15, 0.2) is 0 Å². The molecule has 5 rings (SSSR count). The molecule has 33 heavy (non-hydrogen) atoms. The number of hydrogen-bond donors (Lipinski definition) is 0. The number of hydrogen-bond acceptors (Lipinski definition) is 5. The van der Waals surface area contributed by atoms with Crippen LogP contribution < -0.4 is 14.5 Å². The van der Waals surface area contributed by atoms with Crippen molar-refractivity contribution in [1.29, 1.82) is 0 Å². The topological polar surface area (TPSA) is 84.0 Å². The van der Waals surface area contributed by atoms with Gasteiger partial charge in [0.05, 0.1) is 23.4 Å². The third-order valence-corrected chi connectivity index (χ3v) is 7.00. The van der Waals surface area contributed by atoms with Crippen LogP contribution in [0.15, 0.2) is 48.5 Å². The summed E-state index contributed by atoms with van der Waals surface area (Å²) in [6.45, 7) is 0.233. The van der Waals surface area contributed by atoms with Gasteiger partial charge >= 0.3 is 5.97 Å². The zero-order valence-corrected chi connectivity index (χ0v) is 18.7. The highest BCUT2D eigenvalue weighted by Gasteiger charge is 2.48. The molecule has 2 heterocycles. The lowest BCUT2D eigenvalue weighted by Gasteiger charge is -2.19. The Kier molecular flexibility index (Phi) is 5.66. The fourth-order valence-electron chi connectivity index (χ4n) is 5.02. The van der Waals surface area contributed by atoms with Gasteiger partial charge < -0.3 is 9.64 Å². The number of ether oxygens (including phenoxy) is 1. The van der Waals surface area contributed by atoms with Gasteiger partial charge in [-0.25, -0.2) is 0 Å². The lowest BCUT2D eigenvalue weighted by molar-refractivity contribution is -0.139. The third-order valence-electron chi connectivity index (χ3n) is 6.75. The van der Waals surface area contributed by atoms with Crippen LogP contribution in [-0.2, 0) is 19.2 Å². The minimum Gasteiger partial charge on any atom is -0.426 e. The highest BCUT2D eigenvalue weighted by Crippen LogP contribution is 2.40.